The van der Waals surface area contributed by atoms with Gasteiger partial charge in [-0.15, -0.1) is 0 Å². The third-order valence-corrected chi connectivity index (χ3v) is 5.88. The third kappa shape index (κ3) is 4.65. The van der Waals surface area contributed by atoms with Gasteiger partial charge in [-0.25, -0.2) is 21.6 Å². The fraction of sp³-hybridized carbons (Fsp3) is 0.400. The van der Waals surface area contributed by atoms with Crippen molar-refractivity contribution in [3.63, 3.8) is 0 Å². The maximum Gasteiger partial charge on any atom is 0.271 e. The van der Waals surface area contributed by atoms with Gasteiger partial charge in [0.25, 0.3) is 5.69 Å². The van der Waals surface area contributed by atoms with Crippen molar-refractivity contribution in [3.8, 4) is 0 Å². The molecule has 0 aliphatic rings. The molecule has 3 N–H and O–H groups in total. The first-order valence-electron chi connectivity index (χ1n) is 5.83. The van der Waals surface area contributed by atoms with Crippen LogP contribution in [0.15, 0.2) is 23.1 Å². The molecule has 0 saturated heterocycles. The molecular weight excluding hydrogens is 322 g/mol. The second-order valence-electron chi connectivity index (χ2n) is 4.11. The highest BCUT2D eigenvalue weighted by atomic mass is 32.2. The van der Waals surface area contributed by atoms with E-state index in [4.69, 9.17) is 5.73 Å². The Kier molecular flexibility index (Phi) is 5.25. The highest BCUT2D eigenvalue weighted by Crippen LogP contribution is 2.23. The van der Waals surface area contributed by atoms with Gasteiger partial charge in [0.1, 0.15) is 4.90 Å². The van der Waals surface area contributed by atoms with E-state index in [-0.39, 0.29) is 34.3 Å². The van der Waals surface area contributed by atoms with Crippen LogP contribution < -0.4 is 10.5 Å². The summed E-state index contributed by atoms with van der Waals surface area (Å²) < 4.78 is 48.6. The minimum absolute atomic E-state index is 0.0889. The van der Waals surface area contributed by atoms with Gasteiger partial charge in [-0.05, 0) is 6.07 Å². The molecule has 0 atom stereocenters. The first-order chi connectivity index (χ1) is 9.59. The summed E-state index contributed by atoms with van der Waals surface area (Å²) >= 11 is 0. The van der Waals surface area contributed by atoms with Crippen LogP contribution in [0, 0.1) is 10.1 Å². The molecule has 0 aliphatic carbocycles. The van der Waals surface area contributed by atoms with E-state index in [0.29, 0.717) is 0 Å². The van der Waals surface area contributed by atoms with Gasteiger partial charge in [0, 0.05) is 24.4 Å². The van der Waals surface area contributed by atoms with E-state index < -0.39 is 24.8 Å². The molecule has 0 radical (unpaired) electrons. The van der Waals surface area contributed by atoms with Gasteiger partial charge >= 0.3 is 0 Å². The van der Waals surface area contributed by atoms with Crippen molar-refractivity contribution in [2.24, 2.45) is 0 Å². The largest absolute Gasteiger partial charge is 0.397 e. The van der Waals surface area contributed by atoms with Crippen LogP contribution in [0.2, 0.25) is 0 Å². The van der Waals surface area contributed by atoms with Crippen LogP contribution in [0.5, 0.6) is 0 Å². The van der Waals surface area contributed by atoms with E-state index >= 15 is 0 Å². The summed E-state index contributed by atoms with van der Waals surface area (Å²) in [4.78, 5) is 9.52. The molecule has 0 amide bonds. The Bertz CT molecular complexity index is 742. The Morgan fingerprint density at radius 3 is 2.38 bits per heavy atom. The van der Waals surface area contributed by atoms with Crippen molar-refractivity contribution in [1.29, 1.82) is 0 Å². The molecule has 0 bridgehead atoms. The molecule has 0 unspecified atom stereocenters. The van der Waals surface area contributed by atoms with Crippen molar-refractivity contribution in [1.82, 2.24) is 4.72 Å². The normalized spacial score (nSPS) is 12.2. The second-order valence-corrected chi connectivity index (χ2v) is 8.32. The number of sulfone groups is 1. The molecule has 1 aromatic carbocycles. The van der Waals surface area contributed by atoms with Gasteiger partial charge in [0.05, 0.1) is 16.4 Å². The number of nitrogens with two attached hydrogens (primary N) is 1. The molecule has 0 heterocycles. The highest BCUT2D eigenvalue weighted by molar-refractivity contribution is 7.91. The number of nitrogen functional groups attached to an aromatic ring is 1. The summed E-state index contributed by atoms with van der Waals surface area (Å²) in [6.45, 7) is 1.16. The molecule has 0 saturated carbocycles. The summed E-state index contributed by atoms with van der Waals surface area (Å²) in [5.41, 5.74) is 4.87. The van der Waals surface area contributed by atoms with Gasteiger partial charge in [0.2, 0.25) is 10.0 Å². The number of nitrogens with zero attached hydrogens (tertiary/aromatic N) is 1. The summed E-state index contributed by atoms with van der Waals surface area (Å²) in [6, 6.07) is 2.94. The molecule has 0 aromatic heterocycles. The lowest BCUT2D eigenvalue weighted by Gasteiger charge is -2.08. The Balaban J connectivity index is 2.91. The average molecular weight is 337 g/mol. The molecule has 21 heavy (non-hydrogen) atoms. The SMILES string of the molecule is CCS(=O)(=O)CCNS(=O)(=O)c1ccc([N+](=O)[O-])cc1N. The number of anilines is 1. The monoisotopic (exact) mass is 337 g/mol. The van der Waals surface area contributed by atoms with Gasteiger partial charge in [-0.1, -0.05) is 6.92 Å². The fourth-order valence-electron chi connectivity index (χ4n) is 1.45. The number of hydrogen-bond acceptors (Lipinski definition) is 7. The number of nitrogens with one attached hydrogen (secondary N) is 1. The topological polar surface area (TPSA) is 149 Å². The van der Waals surface area contributed by atoms with Crippen LogP contribution in [0.1, 0.15) is 6.92 Å². The average Bonchev–Trinajstić information content (AvgIpc) is 2.37. The zero-order valence-corrected chi connectivity index (χ0v) is 12.8. The Morgan fingerprint density at radius 2 is 1.90 bits per heavy atom. The van der Waals surface area contributed by atoms with Crippen molar-refractivity contribution in [2.75, 3.05) is 23.8 Å². The van der Waals surface area contributed by atoms with Crippen molar-refractivity contribution in [3.05, 3.63) is 28.3 Å². The summed E-state index contributed by atoms with van der Waals surface area (Å²) in [5.74, 6) is -0.427. The summed E-state index contributed by atoms with van der Waals surface area (Å²) in [7, 11) is -7.33. The van der Waals surface area contributed by atoms with Crippen LogP contribution in [-0.4, -0.2) is 39.8 Å². The number of benzene rings is 1. The van der Waals surface area contributed by atoms with E-state index in [1.165, 1.54) is 6.92 Å². The number of hydrogen-bond donors (Lipinski definition) is 2. The smallest absolute Gasteiger partial charge is 0.271 e. The molecule has 0 spiro atoms. The minimum atomic E-state index is -4.03. The van der Waals surface area contributed by atoms with Crippen molar-refractivity contribution >= 4 is 31.2 Å². The lowest BCUT2D eigenvalue weighted by molar-refractivity contribution is -0.384. The quantitative estimate of drug-likeness (QED) is 0.400. The van der Waals surface area contributed by atoms with Crippen LogP contribution in [0.25, 0.3) is 0 Å². The predicted octanol–water partition coefficient (Wildman–Crippen LogP) is -0.110. The van der Waals surface area contributed by atoms with E-state index in [0.717, 1.165) is 18.2 Å². The van der Waals surface area contributed by atoms with Crippen LogP contribution >= 0.6 is 0 Å². The highest BCUT2D eigenvalue weighted by Gasteiger charge is 2.20. The number of sulfonamides is 1. The Morgan fingerprint density at radius 1 is 1.29 bits per heavy atom. The van der Waals surface area contributed by atoms with Crippen LogP contribution in [0.3, 0.4) is 0 Å². The fourth-order valence-corrected chi connectivity index (χ4v) is 3.42. The van der Waals surface area contributed by atoms with Gasteiger partial charge in [-0.3, -0.25) is 10.1 Å². The number of nitro groups is 1. The van der Waals surface area contributed by atoms with Crippen molar-refractivity contribution < 1.29 is 21.8 Å². The first-order valence-corrected chi connectivity index (χ1v) is 9.13. The summed E-state index contributed by atoms with van der Waals surface area (Å²) in [6.07, 6.45) is 0. The number of nitro benzene ring substituents is 1. The molecule has 1 rings (SSSR count). The zero-order chi connectivity index (χ0) is 16.3. The minimum Gasteiger partial charge on any atom is -0.397 e. The van der Waals surface area contributed by atoms with Gasteiger partial charge < -0.3 is 5.73 Å². The molecule has 11 heteroatoms. The number of rotatable bonds is 7. The standard InChI is InChI=1S/C10H15N3O6S2/c1-2-20(16,17)6-5-12-21(18,19)10-4-3-8(13(14)15)7-9(10)11/h3-4,7,12H,2,5-6,11H2,1H3. The molecular formula is C10H15N3O6S2. The van der Waals surface area contributed by atoms with E-state index in [2.05, 4.69) is 4.72 Å². The van der Waals surface area contributed by atoms with Gasteiger partial charge in [-0.2, -0.15) is 0 Å². The van der Waals surface area contributed by atoms with Crippen LogP contribution in [0.4, 0.5) is 11.4 Å². The van der Waals surface area contributed by atoms with E-state index in [1.54, 1.807) is 0 Å². The second kappa shape index (κ2) is 6.37. The Hall–Kier alpha value is -1.72. The molecule has 9 nitrogen and oxygen atoms in total. The lowest BCUT2D eigenvalue weighted by atomic mass is 10.3. The molecule has 118 valence electrons. The Labute approximate surface area is 122 Å². The van der Waals surface area contributed by atoms with E-state index in [9.17, 15) is 26.9 Å². The lowest BCUT2D eigenvalue weighted by Crippen LogP contribution is -2.30. The molecule has 0 aliphatic heterocycles. The molecule has 1 aromatic rings. The molecule has 0 fully saturated rings. The third-order valence-electron chi connectivity index (χ3n) is 2.64. The van der Waals surface area contributed by atoms with Crippen LogP contribution in [-0.2, 0) is 19.9 Å². The summed E-state index contributed by atoms with van der Waals surface area (Å²) in [5, 5.41) is 10.5. The maximum atomic E-state index is 12.0. The predicted molar refractivity (Wildman–Crippen MR) is 77.0 cm³/mol. The van der Waals surface area contributed by atoms with Gasteiger partial charge in [0.15, 0.2) is 9.84 Å². The first kappa shape index (κ1) is 17.3. The van der Waals surface area contributed by atoms with Crippen molar-refractivity contribution in [2.45, 2.75) is 11.8 Å². The number of non-ortho nitro benzene ring substituents is 1. The zero-order valence-electron chi connectivity index (χ0n) is 11.1. The van der Waals surface area contributed by atoms with E-state index in [1.807, 2.05) is 0 Å². The maximum absolute atomic E-state index is 12.0.